The van der Waals surface area contributed by atoms with E-state index in [1.807, 2.05) is 79.7 Å². The van der Waals surface area contributed by atoms with Crippen molar-refractivity contribution in [2.45, 2.75) is 25.0 Å². The van der Waals surface area contributed by atoms with Crippen LogP contribution in [-0.4, -0.2) is 27.8 Å². The molecule has 0 fully saturated rings. The number of hydrogen-bond donors (Lipinski definition) is 0. The second-order valence-corrected chi connectivity index (χ2v) is 8.81. The highest BCUT2D eigenvalue weighted by Gasteiger charge is 2.18. The molecular formula is C27H24N4O2S. The third kappa shape index (κ3) is 5.36. The van der Waals surface area contributed by atoms with Crippen LogP contribution in [0.4, 0.5) is 5.69 Å². The number of para-hydroxylation sites is 2. The monoisotopic (exact) mass is 468 g/mol. The molecule has 0 aliphatic carbocycles. The predicted molar refractivity (Wildman–Crippen MR) is 136 cm³/mol. The first-order chi connectivity index (χ1) is 16.6. The quantitative estimate of drug-likeness (QED) is 0.274. The number of amides is 1. The summed E-state index contributed by atoms with van der Waals surface area (Å²) in [4.78, 5) is 32.8. The summed E-state index contributed by atoms with van der Waals surface area (Å²) in [6, 6.07) is 26.7. The number of aryl methyl sites for hydroxylation is 1. The highest BCUT2D eigenvalue weighted by Crippen LogP contribution is 2.22. The Morgan fingerprint density at radius 3 is 2.47 bits per heavy atom. The van der Waals surface area contributed by atoms with Gasteiger partial charge in [-0.1, -0.05) is 71.9 Å². The van der Waals surface area contributed by atoms with Crippen LogP contribution >= 0.6 is 11.8 Å². The van der Waals surface area contributed by atoms with Gasteiger partial charge in [0.1, 0.15) is 0 Å². The van der Waals surface area contributed by atoms with Crippen molar-refractivity contribution in [2.24, 2.45) is 0 Å². The van der Waals surface area contributed by atoms with E-state index >= 15 is 0 Å². The summed E-state index contributed by atoms with van der Waals surface area (Å²) < 4.78 is 1.63. The molecule has 0 N–H and O–H groups in total. The van der Waals surface area contributed by atoms with Crippen molar-refractivity contribution < 1.29 is 4.79 Å². The molecule has 4 rings (SSSR count). The zero-order valence-corrected chi connectivity index (χ0v) is 19.7. The summed E-state index contributed by atoms with van der Waals surface area (Å²) in [5, 5.41) is 10.1. The van der Waals surface area contributed by atoms with Crippen molar-refractivity contribution in [1.29, 1.82) is 5.26 Å². The van der Waals surface area contributed by atoms with Crippen LogP contribution in [0, 0.1) is 18.3 Å². The highest BCUT2D eigenvalue weighted by atomic mass is 32.2. The summed E-state index contributed by atoms with van der Waals surface area (Å²) >= 11 is 1.24. The summed E-state index contributed by atoms with van der Waals surface area (Å²) in [5.41, 5.74) is 3.34. The van der Waals surface area contributed by atoms with Gasteiger partial charge in [-0.25, -0.2) is 4.98 Å². The Kier molecular flexibility index (Phi) is 7.41. The average Bonchev–Trinajstić information content (AvgIpc) is 2.87. The summed E-state index contributed by atoms with van der Waals surface area (Å²) in [5.74, 6) is -0.0466. The van der Waals surface area contributed by atoms with Gasteiger partial charge in [0.2, 0.25) is 5.91 Å². The van der Waals surface area contributed by atoms with Crippen molar-refractivity contribution in [1.82, 2.24) is 9.55 Å². The molecule has 0 aliphatic rings. The molecule has 34 heavy (non-hydrogen) atoms. The molecule has 7 heteroatoms. The van der Waals surface area contributed by atoms with Crippen LogP contribution in [0.2, 0.25) is 0 Å². The number of anilines is 1. The Morgan fingerprint density at radius 1 is 1.03 bits per heavy atom. The summed E-state index contributed by atoms with van der Waals surface area (Å²) in [6.45, 7) is 2.69. The number of carbonyl (C=O) groups is 1. The lowest BCUT2D eigenvalue weighted by Gasteiger charge is -2.22. The van der Waals surface area contributed by atoms with E-state index in [2.05, 4.69) is 6.07 Å². The molecule has 1 heterocycles. The Bertz CT molecular complexity index is 1390. The molecule has 0 atom stereocenters. The van der Waals surface area contributed by atoms with E-state index in [1.165, 1.54) is 11.8 Å². The Hall–Kier alpha value is -3.89. The zero-order chi connectivity index (χ0) is 23.9. The van der Waals surface area contributed by atoms with Gasteiger partial charge in [-0.2, -0.15) is 5.26 Å². The highest BCUT2D eigenvalue weighted by molar-refractivity contribution is 7.99. The minimum Gasteiger partial charge on any atom is -0.311 e. The van der Waals surface area contributed by atoms with Gasteiger partial charge in [0, 0.05) is 12.2 Å². The van der Waals surface area contributed by atoms with E-state index in [-0.39, 0.29) is 23.6 Å². The molecule has 0 saturated carbocycles. The van der Waals surface area contributed by atoms with E-state index in [9.17, 15) is 9.59 Å². The predicted octanol–water partition coefficient (Wildman–Crippen LogP) is 4.79. The molecular weight excluding hydrogens is 444 g/mol. The molecule has 0 radical (unpaired) electrons. The number of nitrogens with zero attached hydrogens (tertiary/aromatic N) is 4. The molecule has 170 valence electrons. The van der Waals surface area contributed by atoms with Gasteiger partial charge in [-0.3, -0.25) is 14.2 Å². The van der Waals surface area contributed by atoms with Crippen LogP contribution in [0.25, 0.3) is 10.9 Å². The lowest BCUT2D eigenvalue weighted by molar-refractivity contribution is -0.116. The number of thioether (sulfide) groups is 1. The molecule has 0 bridgehead atoms. The smallest absolute Gasteiger partial charge is 0.262 e. The maximum Gasteiger partial charge on any atom is 0.262 e. The first kappa shape index (κ1) is 23.3. The van der Waals surface area contributed by atoms with Gasteiger partial charge in [0.05, 0.1) is 35.7 Å². The first-order valence-corrected chi connectivity index (χ1v) is 12.0. The fourth-order valence-corrected chi connectivity index (χ4v) is 4.52. The third-order valence-electron chi connectivity index (χ3n) is 5.43. The maximum absolute atomic E-state index is 13.3. The standard InChI is InChI=1S/C27H24N4O2S/c1-20-12-14-21(15-13-20)18-31-26(33)23-10-5-6-11-24(23)29-27(31)34-19-25(32)30(17-7-16-28)22-8-3-2-4-9-22/h2-6,8-15H,7,17-19H2,1H3. The van der Waals surface area contributed by atoms with Crippen LogP contribution in [0.15, 0.2) is 88.8 Å². The lowest BCUT2D eigenvalue weighted by atomic mass is 10.1. The Morgan fingerprint density at radius 2 is 1.74 bits per heavy atom. The molecule has 0 spiro atoms. The first-order valence-electron chi connectivity index (χ1n) is 11.0. The van der Waals surface area contributed by atoms with Crippen molar-refractivity contribution in [3.8, 4) is 6.07 Å². The summed E-state index contributed by atoms with van der Waals surface area (Å²) in [6.07, 6.45) is 0.234. The van der Waals surface area contributed by atoms with E-state index in [1.54, 1.807) is 15.5 Å². The lowest BCUT2D eigenvalue weighted by Crippen LogP contribution is -2.33. The second kappa shape index (κ2) is 10.8. The molecule has 1 aromatic heterocycles. The van der Waals surface area contributed by atoms with Crippen LogP contribution in [0.1, 0.15) is 17.5 Å². The van der Waals surface area contributed by atoms with Crippen molar-refractivity contribution in [2.75, 3.05) is 17.2 Å². The number of rotatable bonds is 8. The van der Waals surface area contributed by atoms with E-state index in [0.29, 0.717) is 29.1 Å². The molecule has 6 nitrogen and oxygen atoms in total. The van der Waals surface area contributed by atoms with Crippen LogP contribution < -0.4 is 10.5 Å². The van der Waals surface area contributed by atoms with Gasteiger partial charge < -0.3 is 4.90 Å². The van der Waals surface area contributed by atoms with Crippen LogP contribution in [0.3, 0.4) is 0 Å². The second-order valence-electron chi connectivity index (χ2n) is 7.87. The topological polar surface area (TPSA) is 79.0 Å². The zero-order valence-electron chi connectivity index (χ0n) is 18.8. The number of aromatic nitrogens is 2. The molecule has 0 aliphatic heterocycles. The number of nitriles is 1. The normalized spacial score (nSPS) is 10.7. The molecule has 1 amide bonds. The van der Waals surface area contributed by atoms with E-state index in [0.717, 1.165) is 16.8 Å². The Balaban J connectivity index is 1.64. The fourth-order valence-electron chi connectivity index (χ4n) is 3.65. The molecule has 0 unspecified atom stereocenters. The van der Waals surface area contributed by atoms with Gasteiger partial charge in [-0.05, 0) is 36.8 Å². The molecule has 4 aromatic rings. The molecule has 0 saturated heterocycles. The largest absolute Gasteiger partial charge is 0.311 e. The van der Waals surface area contributed by atoms with Gasteiger partial charge in [-0.15, -0.1) is 0 Å². The fraction of sp³-hybridized carbons (Fsp3) is 0.185. The van der Waals surface area contributed by atoms with E-state index < -0.39 is 0 Å². The average molecular weight is 469 g/mol. The minimum absolute atomic E-state index is 0.0962. The van der Waals surface area contributed by atoms with Crippen molar-refractivity contribution in [3.05, 3.63) is 100 Å². The van der Waals surface area contributed by atoms with E-state index in [4.69, 9.17) is 10.2 Å². The SMILES string of the molecule is Cc1ccc(Cn2c(SCC(=O)N(CCC#N)c3ccccc3)nc3ccccc3c2=O)cc1. The molecule has 3 aromatic carbocycles. The maximum atomic E-state index is 13.3. The van der Waals surface area contributed by atoms with Gasteiger partial charge in [0.25, 0.3) is 5.56 Å². The van der Waals surface area contributed by atoms with Crippen LogP contribution in [0.5, 0.6) is 0 Å². The minimum atomic E-state index is -0.143. The number of benzene rings is 3. The van der Waals surface area contributed by atoms with Gasteiger partial charge >= 0.3 is 0 Å². The number of hydrogen-bond acceptors (Lipinski definition) is 5. The van der Waals surface area contributed by atoms with Crippen molar-refractivity contribution >= 4 is 34.3 Å². The van der Waals surface area contributed by atoms with Crippen LogP contribution in [-0.2, 0) is 11.3 Å². The van der Waals surface area contributed by atoms with Gasteiger partial charge in [0.15, 0.2) is 5.16 Å². The number of fused-ring (bicyclic) bond motifs is 1. The summed E-state index contributed by atoms with van der Waals surface area (Å²) in [7, 11) is 0. The number of carbonyl (C=O) groups excluding carboxylic acids is 1. The third-order valence-corrected chi connectivity index (χ3v) is 6.39. The van der Waals surface area contributed by atoms with Crippen molar-refractivity contribution in [3.63, 3.8) is 0 Å². The Labute approximate surface area is 202 Å².